The van der Waals surface area contributed by atoms with E-state index in [2.05, 4.69) is 25.4 Å². The van der Waals surface area contributed by atoms with E-state index in [1.807, 2.05) is 18.3 Å². The molecule has 2 saturated heterocycles. The number of halogens is 3. The molecule has 0 saturated carbocycles. The summed E-state index contributed by atoms with van der Waals surface area (Å²) in [6.45, 7) is 7.57. The SMILES string of the molecule is Cl.Clc1ccc(-n2cc(CN3CCC(N4CCNCC4)C3)nn2)c(Cl)c1. The van der Waals surface area contributed by atoms with Crippen molar-refractivity contribution < 1.29 is 0 Å². The summed E-state index contributed by atoms with van der Waals surface area (Å²) in [6.07, 6.45) is 3.18. The fraction of sp³-hybridized carbons (Fsp3) is 0.529. The number of nitrogens with zero attached hydrogens (tertiary/aromatic N) is 5. The van der Waals surface area contributed by atoms with Gasteiger partial charge in [0.05, 0.1) is 22.6 Å². The van der Waals surface area contributed by atoms with E-state index in [1.54, 1.807) is 10.7 Å². The first-order valence-corrected chi connectivity index (χ1v) is 9.48. The number of hydrogen-bond acceptors (Lipinski definition) is 5. The van der Waals surface area contributed by atoms with Gasteiger partial charge >= 0.3 is 0 Å². The van der Waals surface area contributed by atoms with Crippen molar-refractivity contribution in [1.29, 1.82) is 0 Å². The number of benzene rings is 1. The molecule has 0 spiro atoms. The Kier molecular flexibility index (Phi) is 6.77. The van der Waals surface area contributed by atoms with Crippen LogP contribution >= 0.6 is 35.6 Å². The number of aromatic nitrogens is 3. The van der Waals surface area contributed by atoms with Crippen molar-refractivity contribution in [2.45, 2.75) is 19.0 Å². The molecule has 3 heterocycles. The van der Waals surface area contributed by atoms with E-state index in [0.717, 1.165) is 57.2 Å². The monoisotopic (exact) mass is 416 g/mol. The van der Waals surface area contributed by atoms with Gasteiger partial charge in [-0.2, -0.15) is 0 Å². The zero-order valence-corrected chi connectivity index (χ0v) is 16.8. The van der Waals surface area contributed by atoms with Crippen molar-refractivity contribution in [3.8, 4) is 5.69 Å². The van der Waals surface area contributed by atoms with Gasteiger partial charge in [-0.25, -0.2) is 4.68 Å². The Morgan fingerprint density at radius 2 is 1.96 bits per heavy atom. The van der Waals surface area contributed by atoms with E-state index in [-0.39, 0.29) is 12.4 Å². The lowest BCUT2D eigenvalue weighted by Gasteiger charge is -2.32. The van der Waals surface area contributed by atoms with E-state index in [4.69, 9.17) is 23.2 Å². The van der Waals surface area contributed by atoms with Gasteiger partial charge in [0.15, 0.2) is 0 Å². The minimum atomic E-state index is 0. The molecule has 0 radical (unpaired) electrons. The van der Waals surface area contributed by atoms with Gasteiger partial charge in [0.2, 0.25) is 0 Å². The van der Waals surface area contributed by atoms with Crippen molar-refractivity contribution >= 4 is 35.6 Å². The highest BCUT2D eigenvalue weighted by molar-refractivity contribution is 6.35. The molecule has 9 heteroatoms. The molecule has 6 nitrogen and oxygen atoms in total. The maximum Gasteiger partial charge on any atom is 0.0971 e. The molecule has 2 fully saturated rings. The average Bonchev–Trinajstić information content (AvgIpc) is 3.26. The lowest BCUT2D eigenvalue weighted by atomic mass is 10.2. The molecule has 1 atom stereocenters. The number of nitrogens with one attached hydrogen (secondary N) is 1. The summed E-state index contributed by atoms with van der Waals surface area (Å²) in [6, 6.07) is 6.06. The minimum Gasteiger partial charge on any atom is -0.314 e. The predicted octanol–water partition coefficient (Wildman–Crippen LogP) is 2.48. The summed E-state index contributed by atoms with van der Waals surface area (Å²) in [7, 11) is 0. The van der Waals surface area contributed by atoms with Gasteiger partial charge in [-0.3, -0.25) is 9.80 Å². The fourth-order valence-corrected chi connectivity index (χ4v) is 4.18. The van der Waals surface area contributed by atoms with Crippen LogP contribution in [0.4, 0.5) is 0 Å². The molecule has 1 aromatic heterocycles. The average molecular weight is 418 g/mol. The Morgan fingerprint density at radius 3 is 2.73 bits per heavy atom. The molecule has 142 valence electrons. The molecule has 2 aliphatic heterocycles. The van der Waals surface area contributed by atoms with Gasteiger partial charge < -0.3 is 5.32 Å². The van der Waals surface area contributed by atoms with Crippen LogP contribution in [0.1, 0.15) is 12.1 Å². The lowest BCUT2D eigenvalue weighted by molar-refractivity contribution is 0.170. The summed E-state index contributed by atoms with van der Waals surface area (Å²) in [5.41, 5.74) is 1.76. The van der Waals surface area contributed by atoms with Crippen molar-refractivity contribution in [2.24, 2.45) is 0 Å². The Bertz CT molecular complexity index is 731. The third-order valence-electron chi connectivity index (χ3n) is 5.00. The van der Waals surface area contributed by atoms with Crippen molar-refractivity contribution in [1.82, 2.24) is 30.1 Å². The first-order chi connectivity index (χ1) is 12.2. The molecule has 1 N–H and O–H groups in total. The molecular weight excluding hydrogens is 395 g/mol. The second-order valence-corrected chi connectivity index (χ2v) is 7.56. The molecular formula is C17H23Cl3N6. The number of hydrogen-bond donors (Lipinski definition) is 1. The number of piperazine rings is 1. The molecule has 4 rings (SSSR count). The Balaban J connectivity index is 0.00000196. The normalized spacial score (nSPS) is 21.7. The minimum absolute atomic E-state index is 0. The molecule has 26 heavy (non-hydrogen) atoms. The molecule has 2 aliphatic rings. The highest BCUT2D eigenvalue weighted by atomic mass is 35.5. The third-order valence-corrected chi connectivity index (χ3v) is 5.54. The first-order valence-electron chi connectivity index (χ1n) is 8.73. The largest absolute Gasteiger partial charge is 0.314 e. The second-order valence-electron chi connectivity index (χ2n) is 6.71. The van der Waals surface area contributed by atoms with Crippen LogP contribution in [0.2, 0.25) is 10.0 Å². The molecule has 1 unspecified atom stereocenters. The number of rotatable bonds is 4. The van der Waals surface area contributed by atoms with Gasteiger partial charge in [-0.1, -0.05) is 28.4 Å². The van der Waals surface area contributed by atoms with Crippen LogP contribution in [0.25, 0.3) is 5.69 Å². The van der Waals surface area contributed by atoms with Crippen molar-refractivity contribution in [3.63, 3.8) is 0 Å². The smallest absolute Gasteiger partial charge is 0.0971 e. The first kappa shape index (κ1) is 19.9. The van der Waals surface area contributed by atoms with Gasteiger partial charge in [-0.15, -0.1) is 17.5 Å². The van der Waals surface area contributed by atoms with Gasteiger partial charge in [-0.05, 0) is 24.6 Å². The molecule has 0 aliphatic carbocycles. The van der Waals surface area contributed by atoms with Crippen LogP contribution in [-0.2, 0) is 6.54 Å². The Hall–Kier alpha value is -0.890. The fourth-order valence-electron chi connectivity index (χ4n) is 3.69. The second kappa shape index (κ2) is 8.87. The van der Waals surface area contributed by atoms with Gasteiger partial charge in [0, 0.05) is 56.9 Å². The summed E-state index contributed by atoms with van der Waals surface area (Å²) in [5, 5.41) is 13.1. The van der Waals surface area contributed by atoms with Crippen molar-refractivity contribution in [3.05, 3.63) is 40.1 Å². The van der Waals surface area contributed by atoms with Crippen LogP contribution in [0, 0.1) is 0 Å². The highest BCUT2D eigenvalue weighted by Gasteiger charge is 2.28. The maximum atomic E-state index is 6.25. The Labute approximate surface area is 169 Å². The van der Waals surface area contributed by atoms with Gasteiger partial charge in [0.1, 0.15) is 0 Å². The van der Waals surface area contributed by atoms with E-state index >= 15 is 0 Å². The topological polar surface area (TPSA) is 49.2 Å². The highest BCUT2D eigenvalue weighted by Crippen LogP contribution is 2.24. The van der Waals surface area contributed by atoms with Gasteiger partial charge in [0.25, 0.3) is 0 Å². The standard InChI is InChI=1S/C17H22Cl2N6.ClH/c18-13-1-2-17(16(19)9-13)25-11-14(21-22-25)10-23-6-3-15(12-23)24-7-4-20-5-8-24;/h1-2,9,11,15,20H,3-8,10,12H2;1H. The third kappa shape index (κ3) is 4.50. The lowest BCUT2D eigenvalue weighted by Crippen LogP contribution is -2.49. The molecule has 0 amide bonds. The molecule has 1 aromatic carbocycles. The van der Waals surface area contributed by atoms with E-state index in [9.17, 15) is 0 Å². The van der Waals surface area contributed by atoms with E-state index in [1.165, 1.54) is 6.42 Å². The van der Waals surface area contributed by atoms with Crippen LogP contribution in [0.15, 0.2) is 24.4 Å². The van der Waals surface area contributed by atoms with Crippen molar-refractivity contribution in [2.75, 3.05) is 39.3 Å². The number of likely N-dealkylation sites (tertiary alicyclic amines) is 1. The predicted molar refractivity (Wildman–Crippen MR) is 107 cm³/mol. The van der Waals surface area contributed by atoms with Crippen LogP contribution < -0.4 is 5.32 Å². The van der Waals surface area contributed by atoms with Crippen LogP contribution in [0.5, 0.6) is 0 Å². The van der Waals surface area contributed by atoms with E-state index in [0.29, 0.717) is 16.1 Å². The maximum absolute atomic E-state index is 6.25. The van der Waals surface area contributed by atoms with Crippen LogP contribution in [0.3, 0.4) is 0 Å². The summed E-state index contributed by atoms with van der Waals surface area (Å²) in [4.78, 5) is 5.07. The summed E-state index contributed by atoms with van der Waals surface area (Å²) < 4.78 is 1.72. The molecule has 0 bridgehead atoms. The quantitative estimate of drug-likeness (QED) is 0.828. The van der Waals surface area contributed by atoms with Crippen LogP contribution in [-0.4, -0.2) is 70.1 Å². The van der Waals surface area contributed by atoms with E-state index < -0.39 is 0 Å². The summed E-state index contributed by atoms with van der Waals surface area (Å²) >= 11 is 12.2. The summed E-state index contributed by atoms with van der Waals surface area (Å²) in [5.74, 6) is 0. The Morgan fingerprint density at radius 1 is 1.15 bits per heavy atom. The molecule has 2 aromatic rings. The zero-order chi connectivity index (χ0) is 17.2. The zero-order valence-electron chi connectivity index (χ0n) is 14.4.